The van der Waals surface area contributed by atoms with Crippen LogP contribution in [0.25, 0.3) is 0 Å². The molecular weight excluding hydrogens is 210 g/mol. The molecule has 3 heteroatoms. The molecule has 0 spiro atoms. The largest absolute Gasteiger partial charge is 0.316 e. The summed E-state index contributed by atoms with van der Waals surface area (Å²) < 4.78 is 2.25. The van der Waals surface area contributed by atoms with Crippen molar-refractivity contribution in [1.29, 1.82) is 0 Å². The molecule has 1 aromatic rings. The molecule has 1 aliphatic heterocycles. The number of aromatic nitrogens is 2. The van der Waals surface area contributed by atoms with E-state index in [0.29, 0.717) is 12.0 Å². The second kappa shape index (κ2) is 5.21. The normalized spacial score (nSPS) is 27.2. The van der Waals surface area contributed by atoms with E-state index in [-0.39, 0.29) is 0 Å². The summed E-state index contributed by atoms with van der Waals surface area (Å²) >= 11 is 0. The van der Waals surface area contributed by atoms with E-state index in [9.17, 15) is 0 Å². The molecule has 17 heavy (non-hydrogen) atoms. The summed E-state index contributed by atoms with van der Waals surface area (Å²) in [6, 6.07) is 0.667. The Morgan fingerprint density at radius 1 is 1.12 bits per heavy atom. The number of hydrogen-bond donors (Lipinski definition) is 1. The molecule has 1 atom stereocenters. The smallest absolute Gasteiger partial charge is 0.0525 e. The molecule has 0 amide bonds. The molecule has 2 fully saturated rings. The second-order valence-corrected chi connectivity index (χ2v) is 5.59. The number of nitrogens with zero attached hydrogens (tertiary/aromatic N) is 2. The van der Waals surface area contributed by atoms with Crippen LogP contribution in [-0.4, -0.2) is 22.9 Å². The average Bonchev–Trinajstić information content (AvgIpc) is 2.95. The molecule has 1 aromatic heterocycles. The third-order valence-electron chi connectivity index (χ3n) is 4.35. The van der Waals surface area contributed by atoms with Crippen LogP contribution in [0.1, 0.15) is 62.5 Å². The molecule has 2 aliphatic rings. The zero-order valence-electron chi connectivity index (χ0n) is 10.6. The highest BCUT2D eigenvalue weighted by molar-refractivity contribution is 5.14. The lowest BCUT2D eigenvalue weighted by molar-refractivity contribution is 0.405. The molecule has 2 heterocycles. The van der Waals surface area contributed by atoms with Crippen LogP contribution in [0.3, 0.4) is 0 Å². The van der Waals surface area contributed by atoms with Gasteiger partial charge in [-0.2, -0.15) is 5.10 Å². The molecule has 0 bridgehead atoms. The lowest BCUT2D eigenvalue weighted by Crippen LogP contribution is -2.09. The topological polar surface area (TPSA) is 29.9 Å². The Morgan fingerprint density at radius 3 is 2.65 bits per heavy atom. The van der Waals surface area contributed by atoms with Gasteiger partial charge in [0.05, 0.1) is 12.2 Å². The minimum Gasteiger partial charge on any atom is -0.316 e. The lowest BCUT2D eigenvalue weighted by Gasteiger charge is -2.14. The molecule has 1 unspecified atom stereocenters. The quantitative estimate of drug-likeness (QED) is 0.796. The first-order chi connectivity index (χ1) is 8.43. The number of hydrogen-bond acceptors (Lipinski definition) is 2. The molecule has 1 saturated heterocycles. The summed E-state index contributed by atoms with van der Waals surface area (Å²) in [4.78, 5) is 0. The van der Waals surface area contributed by atoms with Gasteiger partial charge in [-0.3, -0.25) is 4.68 Å². The van der Waals surface area contributed by atoms with Gasteiger partial charge in [0.15, 0.2) is 0 Å². The van der Waals surface area contributed by atoms with E-state index in [0.717, 1.165) is 6.54 Å². The van der Waals surface area contributed by atoms with Crippen LogP contribution in [-0.2, 0) is 0 Å². The van der Waals surface area contributed by atoms with Crippen molar-refractivity contribution in [2.75, 3.05) is 13.1 Å². The second-order valence-electron chi connectivity index (χ2n) is 5.59. The van der Waals surface area contributed by atoms with E-state index >= 15 is 0 Å². The van der Waals surface area contributed by atoms with Crippen molar-refractivity contribution < 1.29 is 0 Å². The average molecular weight is 233 g/mol. The first kappa shape index (κ1) is 11.3. The third kappa shape index (κ3) is 2.54. The predicted octanol–water partition coefficient (Wildman–Crippen LogP) is 2.86. The Kier molecular flexibility index (Phi) is 3.46. The van der Waals surface area contributed by atoms with E-state index in [1.807, 2.05) is 0 Å². The van der Waals surface area contributed by atoms with Crippen molar-refractivity contribution in [1.82, 2.24) is 15.1 Å². The zero-order valence-corrected chi connectivity index (χ0v) is 10.6. The molecule has 94 valence electrons. The van der Waals surface area contributed by atoms with Crippen molar-refractivity contribution in [3.05, 3.63) is 18.0 Å². The molecule has 1 N–H and O–H groups in total. The van der Waals surface area contributed by atoms with Crippen molar-refractivity contribution in [3.63, 3.8) is 0 Å². The van der Waals surface area contributed by atoms with Gasteiger partial charge < -0.3 is 5.32 Å². The van der Waals surface area contributed by atoms with Crippen LogP contribution in [0.4, 0.5) is 0 Å². The summed E-state index contributed by atoms with van der Waals surface area (Å²) in [5.74, 6) is 0.703. The standard InChI is InChI=1S/C14H23N3/c1-2-4-6-14(5-3-1)17-11-13(10-16-17)12-7-8-15-9-12/h10-12,14-15H,1-9H2. The van der Waals surface area contributed by atoms with Crippen LogP contribution in [0, 0.1) is 0 Å². The summed E-state index contributed by atoms with van der Waals surface area (Å²) in [5, 5.41) is 8.05. The predicted molar refractivity (Wildman–Crippen MR) is 69.2 cm³/mol. The monoisotopic (exact) mass is 233 g/mol. The fourth-order valence-electron chi connectivity index (χ4n) is 3.22. The van der Waals surface area contributed by atoms with Crippen molar-refractivity contribution in [2.45, 2.75) is 56.9 Å². The van der Waals surface area contributed by atoms with E-state index in [1.54, 1.807) is 0 Å². The van der Waals surface area contributed by atoms with Crippen LogP contribution >= 0.6 is 0 Å². The molecule has 0 aromatic carbocycles. The molecule has 3 nitrogen and oxygen atoms in total. The van der Waals surface area contributed by atoms with Gasteiger partial charge in [0, 0.05) is 18.7 Å². The SMILES string of the molecule is c1nn(C2CCCCCC2)cc1C1CCNC1. The molecular formula is C14H23N3. The fourth-order valence-corrected chi connectivity index (χ4v) is 3.22. The Labute approximate surface area is 104 Å². The summed E-state index contributed by atoms with van der Waals surface area (Å²) in [5.41, 5.74) is 1.44. The van der Waals surface area contributed by atoms with Gasteiger partial charge in [0.1, 0.15) is 0 Å². The van der Waals surface area contributed by atoms with Crippen LogP contribution in [0.2, 0.25) is 0 Å². The molecule has 1 aliphatic carbocycles. The highest BCUT2D eigenvalue weighted by Gasteiger charge is 2.20. The Hall–Kier alpha value is -0.830. The van der Waals surface area contributed by atoms with Crippen LogP contribution in [0.15, 0.2) is 12.4 Å². The zero-order chi connectivity index (χ0) is 11.5. The van der Waals surface area contributed by atoms with Crippen LogP contribution < -0.4 is 5.32 Å². The number of rotatable bonds is 2. The fraction of sp³-hybridized carbons (Fsp3) is 0.786. The summed E-state index contributed by atoms with van der Waals surface area (Å²) in [6.07, 6.45) is 13.9. The maximum Gasteiger partial charge on any atom is 0.0525 e. The third-order valence-corrected chi connectivity index (χ3v) is 4.35. The van der Waals surface area contributed by atoms with Crippen molar-refractivity contribution >= 4 is 0 Å². The highest BCUT2D eigenvalue weighted by atomic mass is 15.3. The molecule has 3 rings (SSSR count). The lowest BCUT2D eigenvalue weighted by atomic mass is 10.0. The van der Waals surface area contributed by atoms with Crippen molar-refractivity contribution in [2.24, 2.45) is 0 Å². The van der Waals surface area contributed by atoms with Crippen molar-refractivity contribution in [3.8, 4) is 0 Å². The van der Waals surface area contributed by atoms with Gasteiger partial charge >= 0.3 is 0 Å². The maximum atomic E-state index is 4.62. The summed E-state index contributed by atoms with van der Waals surface area (Å²) in [6.45, 7) is 2.30. The van der Waals surface area contributed by atoms with Gasteiger partial charge in [0.25, 0.3) is 0 Å². The first-order valence-corrected chi connectivity index (χ1v) is 7.18. The van der Waals surface area contributed by atoms with Gasteiger partial charge in [-0.1, -0.05) is 25.7 Å². The number of nitrogens with one attached hydrogen (secondary N) is 1. The van der Waals surface area contributed by atoms with Gasteiger partial charge in [-0.15, -0.1) is 0 Å². The minimum atomic E-state index is 0.667. The minimum absolute atomic E-state index is 0.667. The van der Waals surface area contributed by atoms with Gasteiger partial charge in [-0.25, -0.2) is 0 Å². The Balaban J connectivity index is 1.70. The summed E-state index contributed by atoms with van der Waals surface area (Å²) in [7, 11) is 0. The van der Waals surface area contributed by atoms with E-state index in [2.05, 4.69) is 27.5 Å². The van der Waals surface area contributed by atoms with E-state index in [4.69, 9.17) is 0 Å². The Bertz CT molecular complexity index is 344. The molecule has 0 radical (unpaired) electrons. The van der Waals surface area contributed by atoms with Gasteiger partial charge in [-0.05, 0) is 31.4 Å². The van der Waals surface area contributed by atoms with Gasteiger partial charge in [0.2, 0.25) is 0 Å². The van der Waals surface area contributed by atoms with E-state index in [1.165, 1.54) is 57.1 Å². The van der Waals surface area contributed by atoms with E-state index < -0.39 is 0 Å². The molecule has 1 saturated carbocycles. The highest BCUT2D eigenvalue weighted by Crippen LogP contribution is 2.28. The first-order valence-electron chi connectivity index (χ1n) is 7.18. The van der Waals surface area contributed by atoms with Crippen LogP contribution in [0.5, 0.6) is 0 Å². The Morgan fingerprint density at radius 2 is 1.94 bits per heavy atom. The maximum absolute atomic E-state index is 4.62.